The van der Waals surface area contributed by atoms with Gasteiger partial charge in [-0.1, -0.05) is 18.2 Å². The average molecular weight is 442 g/mol. The summed E-state index contributed by atoms with van der Waals surface area (Å²) in [6.07, 6.45) is 6.51. The topological polar surface area (TPSA) is 80.0 Å². The maximum Gasteiger partial charge on any atom is 0.274 e. The van der Waals surface area contributed by atoms with E-state index in [1.54, 1.807) is 53.1 Å². The molecule has 3 heterocycles. The predicted octanol–water partition coefficient (Wildman–Crippen LogP) is 3.24. The smallest absolute Gasteiger partial charge is 0.274 e. The summed E-state index contributed by atoms with van der Waals surface area (Å²) in [5, 5.41) is 14.9. The SMILES string of the molecule is Cn1ncc(NC(=S)Nc2ccn(Cc3ccccc3F)n2)c1C(=O)N1CCCCC1. The van der Waals surface area contributed by atoms with E-state index in [1.165, 1.54) is 6.07 Å². The Labute approximate surface area is 185 Å². The summed E-state index contributed by atoms with van der Waals surface area (Å²) in [5.74, 6) is 0.188. The molecule has 1 amide bonds. The van der Waals surface area contributed by atoms with E-state index < -0.39 is 0 Å². The number of thiocarbonyl (C=S) groups is 1. The quantitative estimate of drug-likeness (QED) is 0.592. The maximum atomic E-state index is 13.8. The Morgan fingerprint density at radius 3 is 2.71 bits per heavy atom. The molecule has 1 aliphatic heterocycles. The predicted molar refractivity (Wildman–Crippen MR) is 121 cm³/mol. The van der Waals surface area contributed by atoms with Gasteiger partial charge in [-0.3, -0.25) is 14.2 Å². The summed E-state index contributed by atoms with van der Waals surface area (Å²) in [6, 6.07) is 8.34. The second-order valence-corrected chi connectivity index (χ2v) is 7.86. The lowest BCUT2D eigenvalue weighted by atomic mass is 10.1. The van der Waals surface area contributed by atoms with Gasteiger partial charge in [-0.05, 0) is 37.5 Å². The third-order valence-corrected chi connectivity index (χ3v) is 5.41. The minimum atomic E-state index is -0.271. The van der Waals surface area contributed by atoms with Crippen LogP contribution in [-0.2, 0) is 13.6 Å². The lowest BCUT2D eigenvalue weighted by Gasteiger charge is -2.27. The lowest BCUT2D eigenvalue weighted by Crippen LogP contribution is -2.37. The fourth-order valence-corrected chi connectivity index (χ4v) is 3.83. The van der Waals surface area contributed by atoms with Crippen LogP contribution < -0.4 is 10.6 Å². The number of nitrogens with zero attached hydrogens (tertiary/aromatic N) is 5. The summed E-state index contributed by atoms with van der Waals surface area (Å²) < 4.78 is 17.0. The molecule has 0 aliphatic carbocycles. The van der Waals surface area contributed by atoms with Crippen LogP contribution in [0.15, 0.2) is 42.7 Å². The molecule has 162 valence electrons. The molecule has 0 unspecified atom stereocenters. The van der Waals surface area contributed by atoms with Gasteiger partial charge >= 0.3 is 0 Å². The van der Waals surface area contributed by atoms with Gasteiger partial charge < -0.3 is 15.5 Å². The number of aryl methyl sites for hydroxylation is 1. The zero-order valence-electron chi connectivity index (χ0n) is 17.2. The molecule has 3 aromatic rings. The normalized spacial score (nSPS) is 13.8. The Bertz CT molecular complexity index is 1090. The van der Waals surface area contributed by atoms with Crippen LogP contribution in [0.2, 0.25) is 0 Å². The molecule has 0 saturated carbocycles. The van der Waals surface area contributed by atoms with Crippen molar-refractivity contribution in [2.24, 2.45) is 7.05 Å². The van der Waals surface area contributed by atoms with Crippen LogP contribution in [0.25, 0.3) is 0 Å². The molecule has 31 heavy (non-hydrogen) atoms. The summed E-state index contributed by atoms with van der Waals surface area (Å²) in [6.45, 7) is 1.82. The van der Waals surface area contributed by atoms with E-state index in [9.17, 15) is 9.18 Å². The molecule has 1 aromatic carbocycles. The number of piperidine rings is 1. The average Bonchev–Trinajstić information content (AvgIpc) is 3.36. The van der Waals surface area contributed by atoms with Gasteiger partial charge in [0.15, 0.2) is 10.9 Å². The van der Waals surface area contributed by atoms with Crippen LogP contribution >= 0.6 is 12.2 Å². The van der Waals surface area contributed by atoms with Gasteiger partial charge in [-0.2, -0.15) is 10.2 Å². The van der Waals surface area contributed by atoms with Crippen molar-refractivity contribution < 1.29 is 9.18 Å². The summed E-state index contributed by atoms with van der Waals surface area (Å²) in [5.41, 5.74) is 1.56. The van der Waals surface area contributed by atoms with E-state index in [4.69, 9.17) is 12.2 Å². The van der Waals surface area contributed by atoms with Crippen molar-refractivity contribution in [3.63, 3.8) is 0 Å². The number of aromatic nitrogens is 4. The van der Waals surface area contributed by atoms with Gasteiger partial charge in [0.25, 0.3) is 5.91 Å². The lowest BCUT2D eigenvalue weighted by molar-refractivity contribution is 0.0714. The summed E-state index contributed by atoms with van der Waals surface area (Å²) in [4.78, 5) is 14.8. The number of carbonyl (C=O) groups is 1. The molecular weight excluding hydrogens is 417 g/mol. The van der Waals surface area contributed by atoms with Crippen molar-refractivity contribution in [3.8, 4) is 0 Å². The van der Waals surface area contributed by atoms with E-state index in [2.05, 4.69) is 20.8 Å². The first-order chi connectivity index (χ1) is 15.0. The fourth-order valence-electron chi connectivity index (χ4n) is 3.62. The Morgan fingerprint density at radius 1 is 1.16 bits per heavy atom. The molecule has 1 fully saturated rings. The minimum absolute atomic E-state index is 0.0563. The molecule has 0 spiro atoms. The first-order valence-electron chi connectivity index (χ1n) is 10.2. The minimum Gasteiger partial charge on any atom is -0.337 e. The van der Waals surface area contributed by atoms with E-state index >= 15 is 0 Å². The molecule has 0 bridgehead atoms. The van der Waals surface area contributed by atoms with Crippen molar-refractivity contribution in [2.45, 2.75) is 25.8 Å². The van der Waals surface area contributed by atoms with Crippen molar-refractivity contribution in [1.82, 2.24) is 24.5 Å². The highest BCUT2D eigenvalue weighted by atomic mass is 32.1. The first-order valence-corrected chi connectivity index (χ1v) is 10.6. The van der Waals surface area contributed by atoms with Crippen LogP contribution in [0.1, 0.15) is 35.3 Å². The van der Waals surface area contributed by atoms with E-state index in [0.29, 0.717) is 29.3 Å². The highest BCUT2D eigenvalue weighted by Crippen LogP contribution is 2.20. The van der Waals surface area contributed by atoms with Gasteiger partial charge in [0.05, 0.1) is 18.4 Å². The Balaban J connectivity index is 1.40. The van der Waals surface area contributed by atoms with Crippen LogP contribution in [-0.4, -0.2) is 48.6 Å². The Morgan fingerprint density at radius 2 is 1.94 bits per heavy atom. The van der Waals surface area contributed by atoms with Gasteiger partial charge in [-0.15, -0.1) is 0 Å². The number of halogens is 1. The monoisotopic (exact) mass is 441 g/mol. The molecule has 0 atom stereocenters. The first kappa shape index (κ1) is 21.0. The fraction of sp³-hybridized carbons (Fsp3) is 0.333. The molecular formula is C21H24FN7OS. The van der Waals surface area contributed by atoms with Crippen molar-refractivity contribution >= 4 is 34.7 Å². The highest BCUT2D eigenvalue weighted by Gasteiger charge is 2.24. The Hall–Kier alpha value is -3.27. The van der Waals surface area contributed by atoms with Gasteiger partial charge in [0.1, 0.15) is 11.5 Å². The van der Waals surface area contributed by atoms with Gasteiger partial charge in [0, 0.05) is 38.0 Å². The third kappa shape index (κ3) is 4.91. The largest absolute Gasteiger partial charge is 0.337 e. The number of benzene rings is 1. The number of likely N-dealkylation sites (tertiary alicyclic amines) is 1. The van der Waals surface area contributed by atoms with Crippen molar-refractivity contribution in [1.29, 1.82) is 0 Å². The summed E-state index contributed by atoms with van der Waals surface area (Å²) >= 11 is 5.40. The van der Waals surface area contributed by atoms with E-state index in [0.717, 1.165) is 32.4 Å². The second-order valence-electron chi connectivity index (χ2n) is 7.45. The summed E-state index contributed by atoms with van der Waals surface area (Å²) in [7, 11) is 1.74. The molecule has 10 heteroatoms. The van der Waals surface area contributed by atoms with Gasteiger partial charge in [0.2, 0.25) is 0 Å². The Kier molecular flexibility index (Phi) is 6.26. The highest BCUT2D eigenvalue weighted by molar-refractivity contribution is 7.80. The molecule has 2 aromatic heterocycles. The number of amides is 1. The molecule has 8 nitrogen and oxygen atoms in total. The second kappa shape index (κ2) is 9.25. The van der Waals surface area contributed by atoms with Crippen LogP contribution in [0, 0.1) is 5.82 Å². The maximum absolute atomic E-state index is 13.8. The zero-order chi connectivity index (χ0) is 21.8. The molecule has 2 N–H and O–H groups in total. The molecule has 0 radical (unpaired) electrons. The molecule has 1 saturated heterocycles. The van der Waals surface area contributed by atoms with E-state index in [-0.39, 0.29) is 16.8 Å². The number of hydrogen-bond donors (Lipinski definition) is 2. The number of carbonyl (C=O) groups excluding carboxylic acids is 1. The third-order valence-electron chi connectivity index (χ3n) is 5.21. The van der Waals surface area contributed by atoms with Gasteiger partial charge in [-0.25, -0.2) is 4.39 Å². The molecule has 4 rings (SSSR count). The van der Waals surface area contributed by atoms with E-state index in [1.807, 2.05) is 4.90 Å². The van der Waals surface area contributed by atoms with Crippen LogP contribution in [0.4, 0.5) is 15.9 Å². The van der Waals surface area contributed by atoms with Crippen molar-refractivity contribution in [3.05, 3.63) is 59.8 Å². The standard InChI is InChI=1S/C21H24FN7OS/c1-27-19(20(30)28-10-5-2-6-11-28)17(13-23-27)24-21(31)25-18-9-12-29(26-18)14-15-7-3-4-8-16(15)22/h3-4,7-9,12-13H,2,5-6,10-11,14H2,1H3,(H2,24,25,26,31). The van der Waals surface area contributed by atoms with Crippen LogP contribution in [0.5, 0.6) is 0 Å². The number of anilines is 2. The zero-order valence-corrected chi connectivity index (χ0v) is 18.0. The number of rotatable bonds is 5. The molecule has 1 aliphatic rings. The number of nitrogens with one attached hydrogen (secondary N) is 2. The van der Waals surface area contributed by atoms with Crippen molar-refractivity contribution in [2.75, 3.05) is 23.7 Å². The number of hydrogen-bond acceptors (Lipinski definition) is 4. The van der Waals surface area contributed by atoms with Crippen LogP contribution in [0.3, 0.4) is 0 Å².